The van der Waals surface area contributed by atoms with Crippen molar-refractivity contribution in [2.75, 3.05) is 67.1 Å². The van der Waals surface area contributed by atoms with Gasteiger partial charge >= 0.3 is 11.9 Å². The largest absolute Gasteiger partial charge is 0.463 e. The minimum Gasteiger partial charge on any atom is -0.463 e. The zero-order chi connectivity index (χ0) is 28.5. The normalized spacial score (nSPS) is 33.5. The number of fused-ring (bicyclic) bond motifs is 2. The molecule has 4 aliphatic heterocycles. The van der Waals surface area contributed by atoms with Crippen LogP contribution in [-0.2, 0) is 61.8 Å². The summed E-state index contributed by atoms with van der Waals surface area (Å²) in [5, 5.41) is 0. The smallest absolute Gasteiger partial charge is 0.305 e. The van der Waals surface area contributed by atoms with Gasteiger partial charge in [-0.3, -0.25) is 14.4 Å². The summed E-state index contributed by atoms with van der Waals surface area (Å²) in [5.74, 6) is -1.37. The number of carbonyl (C=O) groups excluding carboxylic acids is 3. The summed E-state index contributed by atoms with van der Waals surface area (Å²) < 4.78 is 55.5. The first-order chi connectivity index (χ1) is 19.4. The molecule has 4 heterocycles. The van der Waals surface area contributed by atoms with Crippen molar-refractivity contribution in [1.29, 1.82) is 0 Å². The molecule has 0 aromatic carbocycles. The molecule has 4 rings (SSSR count). The lowest BCUT2D eigenvalue weighted by molar-refractivity contribution is -0.147. The fourth-order valence-electron chi connectivity index (χ4n) is 5.54. The molecule has 0 unspecified atom stereocenters. The standard InChI is InChI=1S/C27H42O13/c1-16(28)17(4-6-22(29)35-10-8-33-20-14-39-24-18(31-2)12-37-26(20)24)5-7-23(30)36-11-9-34-21-15-40-25-19(32-3)13-38-27(21)25/h17-21,24-27H,4-15H2,1-3H3/t18-,19-,20+,21+,24+,25+,26+,27+/m0/s1. The molecule has 0 aliphatic carbocycles. The number of methoxy groups -OCH3 is 2. The summed E-state index contributed by atoms with van der Waals surface area (Å²) >= 11 is 0. The van der Waals surface area contributed by atoms with E-state index in [0.717, 1.165) is 0 Å². The number of esters is 2. The Morgan fingerprint density at radius 1 is 0.625 bits per heavy atom. The van der Waals surface area contributed by atoms with E-state index >= 15 is 0 Å². The van der Waals surface area contributed by atoms with Crippen LogP contribution in [0.3, 0.4) is 0 Å². The molecule has 0 aromatic heterocycles. The number of ether oxygens (including phenoxy) is 10. The molecule has 4 aliphatic rings. The van der Waals surface area contributed by atoms with Crippen molar-refractivity contribution in [2.24, 2.45) is 5.92 Å². The molecule has 0 radical (unpaired) electrons. The lowest BCUT2D eigenvalue weighted by Gasteiger charge is -2.17. The van der Waals surface area contributed by atoms with Crippen LogP contribution in [0.5, 0.6) is 0 Å². The van der Waals surface area contributed by atoms with Crippen molar-refractivity contribution in [2.45, 2.75) is 81.4 Å². The van der Waals surface area contributed by atoms with Crippen LogP contribution in [0.25, 0.3) is 0 Å². The molecule has 0 N–H and O–H groups in total. The highest BCUT2D eigenvalue weighted by atomic mass is 16.7. The molecule has 13 nitrogen and oxygen atoms in total. The Hall–Kier alpha value is -1.71. The zero-order valence-electron chi connectivity index (χ0n) is 23.5. The van der Waals surface area contributed by atoms with Crippen LogP contribution in [0.15, 0.2) is 0 Å². The van der Waals surface area contributed by atoms with Gasteiger partial charge in [-0.25, -0.2) is 0 Å². The average molecular weight is 575 g/mol. The minimum absolute atomic E-state index is 0.0701. The van der Waals surface area contributed by atoms with Crippen LogP contribution >= 0.6 is 0 Å². The Bertz CT molecular complexity index is 777. The summed E-state index contributed by atoms with van der Waals surface area (Å²) in [6.07, 6.45) is -0.573. The highest BCUT2D eigenvalue weighted by Crippen LogP contribution is 2.31. The van der Waals surface area contributed by atoms with Gasteiger partial charge in [-0.1, -0.05) is 0 Å². The van der Waals surface area contributed by atoms with Gasteiger partial charge in [0.2, 0.25) is 0 Å². The maximum absolute atomic E-state index is 12.2. The molecular formula is C27H42O13. The highest BCUT2D eigenvalue weighted by Gasteiger charge is 2.49. The second kappa shape index (κ2) is 15.5. The quantitative estimate of drug-likeness (QED) is 0.173. The molecule has 228 valence electrons. The Morgan fingerprint density at radius 2 is 1.00 bits per heavy atom. The molecule has 0 amide bonds. The van der Waals surface area contributed by atoms with E-state index in [1.807, 2.05) is 0 Å². The van der Waals surface area contributed by atoms with Crippen LogP contribution in [0.4, 0.5) is 0 Å². The summed E-state index contributed by atoms with van der Waals surface area (Å²) in [5.41, 5.74) is 0. The topological polar surface area (TPSA) is 144 Å². The summed E-state index contributed by atoms with van der Waals surface area (Å²) in [7, 11) is 3.25. The second-order valence-electron chi connectivity index (χ2n) is 10.4. The first kappa shape index (κ1) is 31.2. The van der Waals surface area contributed by atoms with Gasteiger partial charge in [-0.05, 0) is 19.8 Å². The number of carbonyl (C=O) groups is 3. The third kappa shape index (κ3) is 8.19. The number of hydrogen-bond donors (Lipinski definition) is 0. The molecule has 40 heavy (non-hydrogen) atoms. The molecule has 0 saturated carbocycles. The molecule has 0 spiro atoms. The number of rotatable bonds is 17. The van der Waals surface area contributed by atoms with E-state index in [-0.39, 0.29) is 93.9 Å². The molecule has 0 aromatic rings. The van der Waals surface area contributed by atoms with E-state index in [1.165, 1.54) is 6.92 Å². The number of hydrogen-bond acceptors (Lipinski definition) is 13. The van der Waals surface area contributed by atoms with Crippen molar-refractivity contribution < 1.29 is 61.8 Å². The number of Topliss-reactive ketones (excluding diaryl/α,β-unsaturated/α-hetero) is 1. The predicted octanol–water partition coefficient (Wildman–Crippen LogP) is 0.234. The maximum Gasteiger partial charge on any atom is 0.305 e. The van der Waals surface area contributed by atoms with Gasteiger partial charge < -0.3 is 47.4 Å². The fraction of sp³-hybridized carbons (Fsp3) is 0.889. The van der Waals surface area contributed by atoms with Gasteiger partial charge in [-0.15, -0.1) is 0 Å². The van der Waals surface area contributed by atoms with E-state index in [1.54, 1.807) is 14.2 Å². The van der Waals surface area contributed by atoms with Crippen molar-refractivity contribution in [1.82, 2.24) is 0 Å². The van der Waals surface area contributed by atoms with Gasteiger partial charge in [0.15, 0.2) is 0 Å². The zero-order valence-corrected chi connectivity index (χ0v) is 23.5. The van der Waals surface area contributed by atoms with Crippen LogP contribution < -0.4 is 0 Å². The Kier molecular flexibility index (Phi) is 12.1. The first-order valence-electron chi connectivity index (χ1n) is 14.0. The molecule has 4 fully saturated rings. The molecule has 13 heteroatoms. The Labute approximate surface area is 234 Å². The fourth-order valence-corrected chi connectivity index (χ4v) is 5.54. The van der Waals surface area contributed by atoms with Crippen LogP contribution in [0, 0.1) is 5.92 Å². The van der Waals surface area contributed by atoms with E-state index in [2.05, 4.69) is 0 Å². The van der Waals surface area contributed by atoms with Gasteiger partial charge in [-0.2, -0.15) is 0 Å². The third-order valence-corrected chi connectivity index (χ3v) is 7.86. The monoisotopic (exact) mass is 574 g/mol. The summed E-state index contributed by atoms with van der Waals surface area (Å²) in [4.78, 5) is 36.4. The lowest BCUT2D eigenvalue weighted by Crippen LogP contribution is -2.34. The third-order valence-electron chi connectivity index (χ3n) is 7.86. The Balaban J connectivity index is 1.03. The predicted molar refractivity (Wildman–Crippen MR) is 135 cm³/mol. The van der Waals surface area contributed by atoms with Crippen molar-refractivity contribution >= 4 is 17.7 Å². The second-order valence-corrected chi connectivity index (χ2v) is 10.4. The van der Waals surface area contributed by atoms with Crippen molar-refractivity contribution in [3.8, 4) is 0 Å². The van der Waals surface area contributed by atoms with Gasteiger partial charge in [0, 0.05) is 33.0 Å². The van der Waals surface area contributed by atoms with E-state index in [4.69, 9.17) is 47.4 Å². The van der Waals surface area contributed by atoms with Gasteiger partial charge in [0.05, 0.1) is 39.6 Å². The SMILES string of the molecule is CO[C@H]1CO[C@H]2[C@@H]1OC[C@H]2OCCOC(=O)CCC(CCC(=O)OCCO[C@@H]1CO[C@H]2[C@@H]1OC[C@@H]2OC)C(C)=O. The Morgan fingerprint density at radius 3 is 1.38 bits per heavy atom. The number of ketones is 1. The van der Waals surface area contributed by atoms with Crippen molar-refractivity contribution in [3.05, 3.63) is 0 Å². The van der Waals surface area contributed by atoms with Gasteiger partial charge in [0.25, 0.3) is 0 Å². The summed E-state index contributed by atoms with van der Waals surface area (Å²) in [6.45, 7) is 3.80. The summed E-state index contributed by atoms with van der Waals surface area (Å²) in [6, 6.07) is 0. The van der Waals surface area contributed by atoms with E-state index < -0.39 is 17.9 Å². The van der Waals surface area contributed by atoms with Crippen LogP contribution in [0.1, 0.15) is 32.6 Å². The minimum atomic E-state index is -0.436. The molecule has 8 atom stereocenters. The lowest BCUT2D eigenvalue weighted by atomic mass is 9.94. The molecular weight excluding hydrogens is 532 g/mol. The van der Waals surface area contributed by atoms with Crippen molar-refractivity contribution in [3.63, 3.8) is 0 Å². The van der Waals surface area contributed by atoms with Gasteiger partial charge in [0.1, 0.15) is 67.8 Å². The van der Waals surface area contributed by atoms with Crippen LogP contribution in [-0.4, -0.2) is 134 Å². The molecule has 0 bridgehead atoms. The maximum atomic E-state index is 12.2. The average Bonchev–Trinajstić information content (AvgIpc) is 3.71. The first-order valence-corrected chi connectivity index (χ1v) is 14.0. The van der Waals surface area contributed by atoms with E-state index in [0.29, 0.717) is 39.3 Å². The molecule has 4 saturated heterocycles. The highest BCUT2D eigenvalue weighted by molar-refractivity contribution is 5.80. The van der Waals surface area contributed by atoms with Crippen LogP contribution in [0.2, 0.25) is 0 Å². The van der Waals surface area contributed by atoms with E-state index in [9.17, 15) is 14.4 Å².